The molecule has 1 nitrogen and oxygen atoms in total. The molecule has 0 aliphatic heterocycles. The van der Waals surface area contributed by atoms with E-state index in [1.54, 1.807) is 5.56 Å². The van der Waals surface area contributed by atoms with Gasteiger partial charge in [-0.15, -0.1) is 0 Å². The summed E-state index contributed by atoms with van der Waals surface area (Å²) in [6.45, 7) is 6.06. The quantitative estimate of drug-likeness (QED) is 0.720. The zero-order chi connectivity index (χ0) is 14.5. The van der Waals surface area contributed by atoms with Gasteiger partial charge >= 0.3 is 0 Å². The lowest BCUT2D eigenvalue weighted by molar-refractivity contribution is -0.884. The number of halogens is 1. The standard InChI is InChI=1S/C19H30N.BrH/c1-13-14(2)18-10-17(13)11-19(18)16-8-6-15(7-9-16)12-20(3,4)5;/h6-9,13-14,17-19H,10-12H2,1-5H3;1H/q+1;/p-1/t13?,14?,17-,18+,19+;/m0./s1. The number of hydrogen-bond donors (Lipinski definition) is 0. The minimum absolute atomic E-state index is 0. The SMILES string of the molecule is CC1C(C)[C@H]2C[C@H]1C[C@@H]2c1ccc(C[N+](C)(C)C)cc1.[Br-]. The Balaban J connectivity index is 0.00000161. The van der Waals surface area contributed by atoms with Crippen LogP contribution in [-0.2, 0) is 6.54 Å². The van der Waals surface area contributed by atoms with Gasteiger partial charge in [0, 0.05) is 5.56 Å². The summed E-state index contributed by atoms with van der Waals surface area (Å²) in [5.74, 6) is 4.65. The van der Waals surface area contributed by atoms with Gasteiger partial charge in [-0.05, 0) is 48.0 Å². The number of benzene rings is 1. The molecule has 0 amide bonds. The van der Waals surface area contributed by atoms with E-state index in [9.17, 15) is 0 Å². The zero-order valence-corrected chi connectivity index (χ0v) is 15.7. The fraction of sp³-hybridized carbons (Fsp3) is 0.684. The molecular weight excluding hydrogens is 322 g/mol. The summed E-state index contributed by atoms with van der Waals surface area (Å²) < 4.78 is 1.00. The molecule has 1 aromatic carbocycles. The molecule has 3 rings (SSSR count). The maximum Gasteiger partial charge on any atom is 0.104 e. The van der Waals surface area contributed by atoms with E-state index in [1.165, 1.54) is 18.4 Å². The molecule has 118 valence electrons. The van der Waals surface area contributed by atoms with Gasteiger partial charge in [-0.25, -0.2) is 0 Å². The van der Waals surface area contributed by atoms with Crippen LogP contribution in [0.1, 0.15) is 43.7 Å². The molecule has 0 radical (unpaired) electrons. The summed E-state index contributed by atoms with van der Waals surface area (Å²) in [7, 11) is 6.77. The highest BCUT2D eigenvalue weighted by atomic mass is 79.9. The summed E-state index contributed by atoms with van der Waals surface area (Å²) in [4.78, 5) is 0. The van der Waals surface area contributed by atoms with Crippen molar-refractivity contribution < 1.29 is 21.5 Å². The van der Waals surface area contributed by atoms with E-state index in [0.717, 1.165) is 40.6 Å². The Bertz CT molecular complexity index is 471. The van der Waals surface area contributed by atoms with Crippen molar-refractivity contribution >= 4 is 0 Å². The average Bonchev–Trinajstić information content (AvgIpc) is 2.90. The Morgan fingerprint density at radius 2 is 1.57 bits per heavy atom. The fourth-order valence-corrected chi connectivity index (χ4v) is 4.74. The lowest BCUT2D eigenvalue weighted by atomic mass is 9.73. The molecule has 5 atom stereocenters. The molecule has 0 saturated heterocycles. The molecule has 0 heterocycles. The van der Waals surface area contributed by atoms with Gasteiger partial charge < -0.3 is 21.5 Å². The van der Waals surface area contributed by atoms with Crippen LogP contribution in [0.4, 0.5) is 0 Å². The van der Waals surface area contributed by atoms with E-state index in [0.29, 0.717) is 0 Å². The number of hydrogen-bond acceptors (Lipinski definition) is 0. The van der Waals surface area contributed by atoms with Gasteiger partial charge in [0.1, 0.15) is 6.54 Å². The van der Waals surface area contributed by atoms with Gasteiger partial charge in [0.05, 0.1) is 21.1 Å². The van der Waals surface area contributed by atoms with Crippen molar-refractivity contribution in [3.63, 3.8) is 0 Å². The molecule has 0 N–H and O–H groups in total. The van der Waals surface area contributed by atoms with Crippen LogP contribution in [0.15, 0.2) is 24.3 Å². The normalized spacial score (nSPS) is 34.8. The second-order valence-electron chi connectivity index (χ2n) is 8.41. The molecule has 2 fully saturated rings. The lowest BCUT2D eigenvalue weighted by Gasteiger charge is -2.32. The van der Waals surface area contributed by atoms with E-state index in [1.807, 2.05) is 0 Å². The van der Waals surface area contributed by atoms with Crippen LogP contribution in [-0.4, -0.2) is 25.6 Å². The molecule has 21 heavy (non-hydrogen) atoms. The van der Waals surface area contributed by atoms with E-state index >= 15 is 0 Å². The Hall–Kier alpha value is -0.340. The van der Waals surface area contributed by atoms with Crippen LogP contribution < -0.4 is 17.0 Å². The molecule has 2 bridgehead atoms. The van der Waals surface area contributed by atoms with Crippen LogP contribution in [0.2, 0.25) is 0 Å². The fourth-order valence-electron chi connectivity index (χ4n) is 4.74. The Morgan fingerprint density at radius 3 is 2.05 bits per heavy atom. The Morgan fingerprint density at radius 1 is 0.952 bits per heavy atom. The van der Waals surface area contributed by atoms with Gasteiger partial charge in [-0.1, -0.05) is 38.1 Å². The van der Waals surface area contributed by atoms with Gasteiger partial charge in [-0.2, -0.15) is 0 Å². The largest absolute Gasteiger partial charge is 1.00 e. The zero-order valence-electron chi connectivity index (χ0n) is 14.1. The number of quaternary nitrogens is 1. The number of nitrogens with zero attached hydrogens (tertiary/aromatic N) is 1. The molecule has 0 spiro atoms. The van der Waals surface area contributed by atoms with E-state index < -0.39 is 0 Å². The van der Waals surface area contributed by atoms with E-state index in [-0.39, 0.29) is 17.0 Å². The van der Waals surface area contributed by atoms with E-state index in [4.69, 9.17) is 0 Å². The first-order chi connectivity index (χ1) is 9.35. The maximum atomic E-state index is 2.48. The minimum Gasteiger partial charge on any atom is -1.00 e. The average molecular weight is 352 g/mol. The molecule has 1 aromatic rings. The number of fused-ring (bicyclic) bond motifs is 2. The Kier molecular flexibility index (Phi) is 4.90. The number of rotatable bonds is 3. The monoisotopic (exact) mass is 351 g/mol. The molecule has 2 heteroatoms. The van der Waals surface area contributed by atoms with Crippen LogP contribution in [0.5, 0.6) is 0 Å². The van der Waals surface area contributed by atoms with Crippen molar-refractivity contribution in [1.29, 1.82) is 0 Å². The first kappa shape index (κ1) is 17.0. The third-order valence-corrected chi connectivity index (χ3v) is 5.96. The third kappa shape index (κ3) is 3.37. The van der Waals surface area contributed by atoms with Crippen molar-refractivity contribution in [3.05, 3.63) is 35.4 Å². The summed E-state index contributed by atoms with van der Waals surface area (Å²) >= 11 is 0. The van der Waals surface area contributed by atoms with Crippen LogP contribution in [0.3, 0.4) is 0 Å². The summed E-state index contributed by atoms with van der Waals surface area (Å²) in [5, 5.41) is 0. The highest BCUT2D eigenvalue weighted by Crippen LogP contribution is 2.58. The topological polar surface area (TPSA) is 0 Å². The second-order valence-corrected chi connectivity index (χ2v) is 8.41. The summed E-state index contributed by atoms with van der Waals surface area (Å²) in [5.41, 5.74) is 3.06. The van der Waals surface area contributed by atoms with Crippen molar-refractivity contribution in [2.45, 2.75) is 39.2 Å². The van der Waals surface area contributed by atoms with Gasteiger partial charge in [0.2, 0.25) is 0 Å². The van der Waals surface area contributed by atoms with Crippen LogP contribution in [0.25, 0.3) is 0 Å². The first-order valence-electron chi connectivity index (χ1n) is 8.24. The highest BCUT2D eigenvalue weighted by molar-refractivity contribution is 5.28. The van der Waals surface area contributed by atoms with Gasteiger partial charge in [0.25, 0.3) is 0 Å². The smallest absolute Gasteiger partial charge is 0.104 e. The molecular formula is C19H30BrN. The third-order valence-electron chi connectivity index (χ3n) is 5.96. The summed E-state index contributed by atoms with van der Waals surface area (Å²) in [6, 6.07) is 9.54. The van der Waals surface area contributed by atoms with Crippen molar-refractivity contribution in [3.8, 4) is 0 Å². The molecule has 2 aliphatic rings. The molecule has 2 saturated carbocycles. The Labute approximate surface area is 141 Å². The van der Waals surface area contributed by atoms with Gasteiger partial charge in [0.15, 0.2) is 0 Å². The second kappa shape index (κ2) is 6.04. The van der Waals surface area contributed by atoms with Crippen LogP contribution in [0, 0.1) is 23.7 Å². The molecule has 2 unspecified atom stereocenters. The summed E-state index contributed by atoms with van der Waals surface area (Å²) in [6.07, 6.45) is 2.92. The van der Waals surface area contributed by atoms with Gasteiger partial charge in [-0.3, -0.25) is 0 Å². The predicted octanol–water partition coefficient (Wildman–Crippen LogP) is 1.29. The lowest BCUT2D eigenvalue weighted by Crippen LogP contribution is -3.00. The predicted molar refractivity (Wildman–Crippen MR) is 85.5 cm³/mol. The first-order valence-corrected chi connectivity index (χ1v) is 8.24. The van der Waals surface area contributed by atoms with E-state index in [2.05, 4.69) is 59.3 Å². The minimum atomic E-state index is 0. The van der Waals surface area contributed by atoms with Crippen molar-refractivity contribution in [2.75, 3.05) is 21.1 Å². The highest BCUT2D eigenvalue weighted by Gasteiger charge is 2.48. The van der Waals surface area contributed by atoms with Crippen LogP contribution >= 0.6 is 0 Å². The van der Waals surface area contributed by atoms with Crippen molar-refractivity contribution in [2.24, 2.45) is 23.7 Å². The molecule has 0 aromatic heterocycles. The van der Waals surface area contributed by atoms with Crippen molar-refractivity contribution in [1.82, 2.24) is 0 Å². The molecule has 2 aliphatic carbocycles. The maximum absolute atomic E-state index is 2.48.